The van der Waals surface area contributed by atoms with Gasteiger partial charge in [-0.2, -0.15) is 0 Å². The Bertz CT molecular complexity index is 451. The number of amides is 1. The molecule has 0 saturated carbocycles. The number of carbonyl (C=O) groups is 1. The predicted octanol–water partition coefficient (Wildman–Crippen LogP) is 2.31. The molecule has 0 heterocycles. The molecule has 0 aliphatic heterocycles. The van der Waals surface area contributed by atoms with Gasteiger partial charge in [0.15, 0.2) is 0 Å². The van der Waals surface area contributed by atoms with Gasteiger partial charge < -0.3 is 19.5 Å². The zero-order valence-electron chi connectivity index (χ0n) is 12.1. The molecule has 1 unspecified atom stereocenters. The first-order valence-corrected chi connectivity index (χ1v) is 7.05. The molecule has 0 saturated heterocycles. The van der Waals surface area contributed by atoms with Crippen LogP contribution in [0.15, 0.2) is 16.6 Å². The molecule has 0 aromatic heterocycles. The number of ether oxygens (including phenoxy) is 2. The van der Waals surface area contributed by atoms with E-state index >= 15 is 0 Å². The summed E-state index contributed by atoms with van der Waals surface area (Å²) < 4.78 is 11.1. The second kappa shape index (κ2) is 7.50. The average molecular weight is 346 g/mol. The monoisotopic (exact) mass is 345 g/mol. The first-order valence-electron chi connectivity index (χ1n) is 6.25. The van der Waals surface area contributed by atoms with Crippen molar-refractivity contribution in [2.24, 2.45) is 0 Å². The number of hydrogen-bond acceptors (Lipinski definition) is 4. The quantitative estimate of drug-likeness (QED) is 0.859. The van der Waals surface area contributed by atoms with Crippen molar-refractivity contribution >= 4 is 21.8 Å². The Morgan fingerprint density at radius 1 is 1.35 bits per heavy atom. The van der Waals surface area contributed by atoms with Gasteiger partial charge in [-0.05, 0) is 41.4 Å². The summed E-state index contributed by atoms with van der Waals surface area (Å²) in [6.45, 7) is 2.18. The van der Waals surface area contributed by atoms with Gasteiger partial charge in [-0.15, -0.1) is 0 Å². The maximum absolute atomic E-state index is 12.3. The Morgan fingerprint density at radius 3 is 2.25 bits per heavy atom. The van der Waals surface area contributed by atoms with Crippen LogP contribution < -0.4 is 9.47 Å². The molecule has 5 nitrogen and oxygen atoms in total. The van der Waals surface area contributed by atoms with Crippen LogP contribution in [-0.2, 0) is 0 Å². The second-order valence-electron chi connectivity index (χ2n) is 4.56. The van der Waals surface area contributed by atoms with Crippen LogP contribution in [0.4, 0.5) is 0 Å². The summed E-state index contributed by atoms with van der Waals surface area (Å²) in [6.07, 6.45) is 0.104. The van der Waals surface area contributed by atoms with Crippen LogP contribution in [0.5, 0.6) is 11.5 Å². The van der Waals surface area contributed by atoms with E-state index in [-0.39, 0.29) is 5.91 Å². The van der Waals surface area contributed by atoms with Gasteiger partial charge in [-0.1, -0.05) is 0 Å². The molecule has 1 aromatic carbocycles. The van der Waals surface area contributed by atoms with Crippen LogP contribution in [0.2, 0.25) is 0 Å². The smallest absolute Gasteiger partial charge is 0.253 e. The number of hydrogen-bond donors (Lipinski definition) is 1. The van der Waals surface area contributed by atoms with E-state index in [1.807, 2.05) is 0 Å². The molecule has 0 aliphatic carbocycles. The van der Waals surface area contributed by atoms with Crippen molar-refractivity contribution < 1.29 is 19.4 Å². The van der Waals surface area contributed by atoms with Gasteiger partial charge in [-0.3, -0.25) is 4.79 Å². The minimum Gasteiger partial charge on any atom is -0.495 e. The highest BCUT2D eigenvalue weighted by atomic mass is 79.9. The zero-order chi connectivity index (χ0) is 15.3. The van der Waals surface area contributed by atoms with Crippen molar-refractivity contribution in [1.82, 2.24) is 4.90 Å². The second-order valence-corrected chi connectivity index (χ2v) is 5.35. The maximum Gasteiger partial charge on any atom is 0.253 e. The summed E-state index contributed by atoms with van der Waals surface area (Å²) in [5, 5.41) is 9.27. The van der Waals surface area contributed by atoms with Gasteiger partial charge >= 0.3 is 0 Å². The molecular weight excluding hydrogens is 326 g/mol. The molecule has 0 bridgehead atoms. The Morgan fingerprint density at radius 2 is 1.85 bits per heavy atom. The lowest BCUT2D eigenvalue weighted by atomic mass is 10.1. The summed E-state index contributed by atoms with van der Waals surface area (Å²) in [5.74, 6) is 0.933. The molecule has 0 aliphatic rings. The predicted molar refractivity (Wildman–Crippen MR) is 80.5 cm³/mol. The van der Waals surface area contributed by atoms with Crippen LogP contribution in [-0.4, -0.2) is 49.8 Å². The third kappa shape index (κ3) is 4.11. The van der Waals surface area contributed by atoms with Gasteiger partial charge in [0.1, 0.15) is 16.0 Å². The normalized spacial score (nSPS) is 11.9. The first-order chi connectivity index (χ1) is 9.40. The third-order valence-electron chi connectivity index (χ3n) is 2.92. The number of benzene rings is 1. The van der Waals surface area contributed by atoms with E-state index in [0.29, 0.717) is 34.5 Å². The summed E-state index contributed by atoms with van der Waals surface area (Å²) in [4.78, 5) is 13.9. The Hall–Kier alpha value is -1.27. The maximum atomic E-state index is 12.3. The minimum absolute atomic E-state index is 0.144. The first kappa shape index (κ1) is 16.8. The fraction of sp³-hybridized carbons (Fsp3) is 0.500. The highest BCUT2D eigenvalue weighted by molar-refractivity contribution is 9.10. The lowest BCUT2D eigenvalue weighted by Gasteiger charge is -2.19. The molecule has 1 rings (SSSR count). The molecule has 1 atom stereocenters. The molecule has 20 heavy (non-hydrogen) atoms. The molecular formula is C14H20BrNO4. The van der Waals surface area contributed by atoms with Gasteiger partial charge in [0.2, 0.25) is 0 Å². The van der Waals surface area contributed by atoms with E-state index in [2.05, 4.69) is 15.9 Å². The number of methoxy groups -OCH3 is 2. The Balaban J connectivity index is 2.97. The number of carbonyl (C=O) groups excluding carboxylic acids is 1. The van der Waals surface area contributed by atoms with E-state index < -0.39 is 6.10 Å². The molecule has 1 N–H and O–H groups in total. The molecule has 6 heteroatoms. The fourth-order valence-corrected chi connectivity index (χ4v) is 2.25. The summed E-state index contributed by atoms with van der Waals surface area (Å²) in [5.41, 5.74) is 0.481. The van der Waals surface area contributed by atoms with Gasteiger partial charge in [-0.25, -0.2) is 0 Å². The van der Waals surface area contributed by atoms with E-state index in [4.69, 9.17) is 9.47 Å². The average Bonchev–Trinajstić information content (AvgIpc) is 2.44. The lowest BCUT2D eigenvalue weighted by Crippen LogP contribution is -2.29. The van der Waals surface area contributed by atoms with Crippen LogP contribution in [0.1, 0.15) is 23.7 Å². The molecule has 112 valence electrons. The third-order valence-corrected chi connectivity index (χ3v) is 3.70. The standard InChI is InChI=1S/C14H20BrNO4/c1-9(17)5-6-16(2)14(18)10-7-11(19-3)13(15)12(8-10)20-4/h7-9,17H,5-6H2,1-4H3. The largest absolute Gasteiger partial charge is 0.495 e. The van der Waals surface area contributed by atoms with E-state index in [0.717, 1.165) is 0 Å². The molecule has 1 amide bonds. The van der Waals surface area contributed by atoms with E-state index in [1.165, 1.54) is 14.2 Å². The van der Waals surface area contributed by atoms with E-state index in [1.54, 1.807) is 31.0 Å². The van der Waals surface area contributed by atoms with Crippen molar-refractivity contribution in [3.63, 3.8) is 0 Å². The van der Waals surface area contributed by atoms with Crippen LogP contribution in [0.3, 0.4) is 0 Å². The topological polar surface area (TPSA) is 59.0 Å². The highest BCUT2D eigenvalue weighted by Crippen LogP contribution is 2.35. The van der Waals surface area contributed by atoms with E-state index in [9.17, 15) is 9.90 Å². The minimum atomic E-state index is -0.431. The zero-order valence-corrected chi connectivity index (χ0v) is 13.7. The summed E-state index contributed by atoms with van der Waals surface area (Å²) in [6, 6.07) is 3.32. The number of nitrogens with zero attached hydrogens (tertiary/aromatic N) is 1. The van der Waals surface area contributed by atoms with Crippen molar-refractivity contribution in [3.05, 3.63) is 22.2 Å². The van der Waals surface area contributed by atoms with Crippen LogP contribution in [0.25, 0.3) is 0 Å². The molecule has 0 spiro atoms. The molecule has 1 aromatic rings. The molecule has 0 radical (unpaired) electrons. The fourth-order valence-electron chi connectivity index (χ4n) is 1.70. The van der Waals surface area contributed by atoms with Crippen molar-refractivity contribution in [1.29, 1.82) is 0 Å². The van der Waals surface area contributed by atoms with Crippen LogP contribution >= 0.6 is 15.9 Å². The highest BCUT2D eigenvalue weighted by Gasteiger charge is 2.17. The van der Waals surface area contributed by atoms with Crippen molar-refractivity contribution in [2.45, 2.75) is 19.4 Å². The summed E-state index contributed by atoms with van der Waals surface area (Å²) in [7, 11) is 4.77. The van der Waals surface area contributed by atoms with Gasteiger partial charge in [0, 0.05) is 19.2 Å². The lowest BCUT2D eigenvalue weighted by molar-refractivity contribution is 0.0768. The summed E-state index contributed by atoms with van der Waals surface area (Å²) >= 11 is 3.36. The van der Waals surface area contributed by atoms with Crippen molar-refractivity contribution in [2.75, 3.05) is 27.8 Å². The number of aliphatic hydroxyl groups excluding tert-OH is 1. The van der Waals surface area contributed by atoms with Gasteiger partial charge in [0.05, 0.1) is 20.3 Å². The number of halogens is 1. The van der Waals surface area contributed by atoms with Crippen LogP contribution in [0, 0.1) is 0 Å². The Labute approximate surface area is 127 Å². The SMILES string of the molecule is COc1cc(C(=O)N(C)CCC(C)O)cc(OC)c1Br. The number of aliphatic hydroxyl groups is 1. The number of rotatable bonds is 6. The van der Waals surface area contributed by atoms with Crippen molar-refractivity contribution in [3.8, 4) is 11.5 Å². The Kier molecular flexibility index (Phi) is 6.29. The molecule has 0 fully saturated rings. The van der Waals surface area contributed by atoms with Gasteiger partial charge in [0.25, 0.3) is 5.91 Å².